The smallest absolute Gasteiger partial charge is 0.328 e. The molecule has 0 aromatic heterocycles. The number of hydrogen-bond acceptors (Lipinski definition) is 10. The summed E-state index contributed by atoms with van der Waals surface area (Å²) in [5.41, 5.74) is 1.94. The second-order valence-corrected chi connectivity index (χ2v) is 7.16. The van der Waals surface area contributed by atoms with Crippen LogP contribution in [-0.2, 0) is 38.1 Å². The molecule has 0 aliphatic rings. The Kier molecular flexibility index (Phi) is 14.3. The van der Waals surface area contributed by atoms with Crippen LogP contribution in [0.15, 0.2) is 12.1 Å². The Morgan fingerprint density at radius 1 is 0.794 bits per heavy atom. The number of amides is 1. The number of benzene rings is 1. The van der Waals surface area contributed by atoms with E-state index in [-0.39, 0.29) is 13.0 Å². The summed E-state index contributed by atoms with van der Waals surface area (Å²) in [7, 11) is 3.95. The Labute approximate surface area is 199 Å². The Morgan fingerprint density at radius 2 is 1.35 bits per heavy atom. The van der Waals surface area contributed by atoms with Gasteiger partial charge in [-0.1, -0.05) is 0 Å². The third-order valence-electron chi connectivity index (χ3n) is 4.63. The van der Waals surface area contributed by atoms with Crippen molar-refractivity contribution in [2.45, 2.75) is 26.3 Å². The third kappa shape index (κ3) is 11.3. The van der Waals surface area contributed by atoms with E-state index in [4.69, 9.17) is 23.7 Å². The lowest BCUT2D eigenvalue weighted by molar-refractivity contribution is -0.150. The van der Waals surface area contributed by atoms with Gasteiger partial charge in [0.05, 0.1) is 53.7 Å². The maximum absolute atomic E-state index is 12.3. The lowest BCUT2D eigenvalue weighted by Gasteiger charge is -2.17. The number of methoxy groups -OCH3 is 3. The second kappa shape index (κ2) is 16.7. The molecule has 0 saturated carbocycles. The van der Waals surface area contributed by atoms with Gasteiger partial charge in [-0.25, -0.2) is 4.79 Å². The van der Waals surface area contributed by atoms with Crippen molar-refractivity contribution in [2.75, 3.05) is 67.6 Å². The van der Waals surface area contributed by atoms with Crippen molar-refractivity contribution in [1.29, 1.82) is 0 Å². The van der Waals surface area contributed by atoms with Crippen LogP contribution in [-0.4, -0.2) is 91.5 Å². The summed E-state index contributed by atoms with van der Waals surface area (Å²) in [5.74, 6) is -1.22. The molecule has 0 spiro atoms. The summed E-state index contributed by atoms with van der Waals surface area (Å²) in [6.45, 7) is 5.98. The van der Waals surface area contributed by atoms with Crippen LogP contribution in [0.3, 0.4) is 0 Å². The van der Waals surface area contributed by atoms with E-state index in [1.807, 2.05) is 19.9 Å². The van der Waals surface area contributed by atoms with Crippen molar-refractivity contribution in [3.63, 3.8) is 0 Å². The van der Waals surface area contributed by atoms with Gasteiger partial charge in [0.2, 0.25) is 0 Å². The molecule has 1 aromatic carbocycles. The van der Waals surface area contributed by atoms with Crippen molar-refractivity contribution < 1.29 is 47.5 Å². The van der Waals surface area contributed by atoms with Crippen molar-refractivity contribution in [3.8, 4) is 11.5 Å². The summed E-state index contributed by atoms with van der Waals surface area (Å²) in [6.07, 6.45) is -0.357. The highest BCUT2D eigenvalue weighted by Crippen LogP contribution is 2.30. The maximum Gasteiger partial charge on any atom is 0.328 e. The van der Waals surface area contributed by atoms with Gasteiger partial charge < -0.3 is 38.5 Å². The third-order valence-corrected chi connectivity index (χ3v) is 4.63. The fourth-order valence-electron chi connectivity index (χ4n) is 2.63. The van der Waals surface area contributed by atoms with E-state index in [2.05, 4.69) is 14.8 Å². The van der Waals surface area contributed by atoms with Crippen LogP contribution in [0.2, 0.25) is 0 Å². The van der Waals surface area contributed by atoms with Crippen LogP contribution in [0, 0.1) is 13.8 Å². The largest absolute Gasteiger partial charge is 0.487 e. The van der Waals surface area contributed by atoms with Crippen molar-refractivity contribution >= 4 is 17.8 Å². The van der Waals surface area contributed by atoms with Crippen LogP contribution in [0.4, 0.5) is 0 Å². The Morgan fingerprint density at radius 3 is 1.91 bits per heavy atom. The molecule has 0 aliphatic carbocycles. The normalized spacial score (nSPS) is 11.4. The molecule has 0 saturated heterocycles. The van der Waals surface area contributed by atoms with Gasteiger partial charge in [-0.15, -0.1) is 0 Å². The molecule has 11 nitrogen and oxygen atoms in total. The number of hydrogen-bond donors (Lipinski definition) is 1. The molecule has 1 amide bonds. The summed E-state index contributed by atoms with van der Waals surface area (Å²) in [4.78, 5) is 35.7. The standard InChI is InChI=1S/C23H35NO10/c1-16-12-19(33-11-10-32-9-8-31-7-6-28-3)20(13-17(16)2)34-15-21(25)24-18(23(27)30-5)14-22(26)29-4/h12-13,18H,6-11,14-15H2,1-5H3,(H,24,25). The van der Waals surface area contributed by atoms with Crippen molar-refractivity contribution in [2.24, 2.45) is 0 Å². The van der Waals surface area contributed by atoms with Crippen LogP contribution in [0.5, 0.6) is 11.5 Å². The number of rotatable bonds is 17. The second-order valence-electron chi connectivity index (χ2n) is 7.16. The van der Waals surface area contributed by atoms with E-state index in [0.29, 0.717) is 44.5 Å². The van der Waals surface area contributed by atoms with Gasteiger partial charge >= 0.3 is 11.9 Å². The number of carbonyl (C=O) groups excluding carboxylic acids is 3. The van der Waals surface area contributed by atoms with Gasteiger partial charge in [-0.2, -0.15) is 0 Å². The first-order valence-electron chi connectivity index (χ1n) is 10.8. The molecule has 11 heteroatoms. The zero-order chi connectivity index (χ0) is 25.3. The average Bonchev–Trinajstić information content (AvgIpc) is 2.82. The van der Waals surface area contributed by atoms with Crippen LogP contribution < -0.4 is 14.8 Å². The highest BCUT2D eigenvalue weighted by atomic mass is 16.6. The van der Waals surface area contributed by atoms with Crippen LogP contribution >= 0.6 is 0 Å². The number of esters is 2. The summed E-state index contributed by atoms with van der Waals surface area (Å²) < 4.78 is 36.2. The molecule has 0 bridgehead atoms. The molecule has 1 rings (SSSR count). The Balaban J connectivity index is 2.59. The Hall–Kier alpha value is -2.89. The van der Waals surface area contributed by atoms with Gasteiger partial charge in [0, 0.05) is 7.11 Å². The maximum atomic E-state index is 12.3. The lowest BCUT2D eigenvalue weighted by Crippen LogP contribution is -2.45. The number of aryl methyl sites for hydroxylation is 2. The molecular formula is C23H35NO10. The average molecular weight is 486 g/mol. The van der Waals surface area contributed by atoms with Crippen LogP contribution in [0.1, 0.15) is 17.5 Å². The van der Waals surface area contributed by atoms with Crippen molar-refractivity contribution in [1.82, 2.24) is 5.32 Å². The quantitative estimate of drug-likeness (QED) is 0.252. The predicted octanol–water partition coefficient (Wildman–Crippen LogP) is 0.962. The molecule has 34 heavy (non-hydrogen) atoms. The molecule has 1 N–H and O–H groups in total. The summed E-state index contributed by atoms with van der Waals surface area (Å²) in [5, 5.41) is 2.41. The SMILES string of the molecule is COCCOCCOCCOc1cc(C)c(C)cc1OCC(=O)NC(CC(=O)OC)C(=O)OC. The molecule has 0 fully saturated rings. The van der Waals surface area contributed by atoms with Gasteiger partial charge in [0.25, 0.3) is 5.91 Å². The van der Waals surface area contributed by atoms with E-state index in [9.17, 15) is 14.4 Å². The van der Waals surface area contributed by atoms with Crippen molar-refractivity contribution in [3.05, 3.63) is 23.3 Å². The van der Waals surface area contributed by atoms with E-state index >= 15 is 0 Å². The lowest BCUT2D eigenvalue weighted by atomic mass is 10.1. The first-order valence-corrected chi connectivity index (χ1v) is 10.8. The van der Waals surface area contributed by atoms with Gasteiger partial charge in [-0.3, -0.25) is 9.59 Å². The first-order chi connectivity index (χ1) is 16.3. The van der Waals surface area contributed by atoms with E-state index in [0.717, 1.165) is 18.2 Å². The minimum Gasteiger partial charge on any atom is -0.487 e. The predicted molar refractivity (Wildman–Crippen MR) is 121 cm³/mol. The molecule has 192 valence electrons. The van der Waals surface area contributed by atoms with Crippen LogP contribution in [0.25, 0.3) is 0 Å². The monoisotopic (exact) mass is 485 g/mol. The van der Waals surface area contributed by atoms with E-state index in [1.54, 1.807) is 13.2 Å². The molecule has 0 radical (unpaired) electrons. The fraction of sp³-hybridized carbons (Fsp3) is 0.609. The molecule has 1 unspecified atom stereocenters. The Bertz CT molecular complexity index is 783. The number of ether oxygens (including phenoxy) is 7. The van der Waals surface area contributed by atoms with E-state index < -0.39 is 30.5 Å². The summed E-state index contributed by atoms with van der Waals surface area (Å²) >= 11 is 0. The fourth-order valence-corrected chi connectivity index (χ4v) is 2.63. The number of carbonyl (C=O) groups is 3. The highest BCUT2D eigenvalue weighted by Gasteiger charge is 2.25. The van der Waals surface area contributed by atoms with E-state index in [1.165, 1.54) is 7.11 Å². The highest BCUT2D eigenvalue weighted by molar-refractivity contribution is 5.88. The molecule has 1 aromatic rings. The molecule has 0 aliphatic heterocycles. The van der Waals surface area contributed by atoms with Gasteiger partial charge in [0.1, 0.15) is 12.6 Å². The van der Waals surface area contributed by atoms with Gasteiger partial charge in [-0.05, 0) is 37.1 Å². The topological polar surface area (TPSA) is 128 Å². The molecule has 1 atom stereocenters. The zero-order valence-corrected chi connectivity index (χ0v) is 20.5. The zero-order valence-electron chi connectivity index (χ0n) is 20.5. The van der Waals surface area contributed by atoms with Gasteiger partial charge in [0.15, 0.2) is 18.1 Å². The number of nitrogens with one attached hydrogen (secondary N) is 1. The minimum absolute atomic E-state index is 0.271. The summed E-state index contributed by atoms with van der Waals surface area (Å²) in [6, 6.07) is 2.39. The molecular weight excluding hydrogens is 450 g/mol. The minimum atomic E-state index is -1.18. The first kappa shape index (κ1) is 29.1. The molecule has 0 heterocycles.